The van der Waals surface area contributed by atoms with E-state index in [4.69, 9.17) is 0 Å². The molecule has 0 saturated carbocycles. The van der Waals surface area contributed by atoms with Crippen LogP contribution in [0.2, 0.25) is 0 Å². The quantitative estimate of drug-likeness (QED) is 0.763. The van der Waals surface area contributed by atoms with Crippen LogP contribution in [0.5, 0.6) is 0 Å². The number of hydrogen-bond acceptors (Lipinski definition) is 1. The number of aryl methyl sites for hydroxylation is 1. The lowest BCUT2D eigenvalue weighted by molar-refractivity contribution is 0.979. The van der Waals surface area contributed by atoms with Crippen molar-refractivity contribution in [3.8, 4) is 0 Å². The first-order valence-electron chi connectivity index (χ1n) is 4.13. The fourth-order valence-corrected chi connectivity index (χ4v) is 0.941. The molecule has 0 aromatic heterocycles. The van der Waals surface area contributed by atoms with Crippen molar-refractivity contribution in [2.45, 2.75) is 20.3 Å². The molecule has 1 N–H and O–H groups in total. The normalized spacial score (nSPS) is 8.83. The first kappa shape index (κ1) is 11.3. The molecule has 0 heterocycles. The molecule has 1 aromatic rings. The van der Waals surface area contributed by atoms with E-state index in [0.717, 1.165) is 6.54 Å². The zero-order chi connectivity index (χ0) is 8.10. The number of halogens is 1. The topological polar surface area (TPSA) is 12.0 Å². The average Bonchev–Trinajstić information content (AvgIpc) is 2.04. The molecule has 0 aliphatic rings. The standard InChI is InChI=1S/C10H15N.ClH/c1-3-8-11-10-6-4-9(2)5-7-10;/h4-7,11H,3,8H2,1-2H3;1H. The molecular formula is C10H16ClN. The average molecular weight is 186 g/mol. The van der Waals surface area contributed by atoms with Crippen LogP contribution in [0.4, 0.5) is 5.69 Å². The maximum atomic E-state index is 3.32. The highest BCUT2D eigenvalue weighted by Gasteiger charge is 1.87. The zero-order valence-corrected chi connectivity index (χ0v) is 8.45. The Morgan fingerprint density at radius 3 is 2.25 bits per heavy atom. The van der Waals surface area contributed by atoms with Gasteiger partial charge in [0.15, 0.2) is 0 Å². The van der Waals surface area contributed by atoms with Gasteiger partial charge in [-0.1, -0.05) is 24.6 Å². The second kappa shape index (κ2) is 5.90. The Labute approximate surface area is 80.6 Å². The monoisotopic (exact) mass is 185 g/mol. The van der Waals surface area contributed by atoms with E-state index < -0.39 is 0 Å². The van der Waals surface area contributed by atoms with Crippen molar-refractivity contribution in [3.63, 3.8) is 0 Å². The number of benzene rings is 1. The van der Waals surface area contributed by atoms with E-state index in [1.165, 1.54) is 17.7 Å². The largest absolute Gasteiger partial charge is 0.385 e. The highest BCUT2D eigenvalue weighted by Crippen LogP contribution is 2.07. The van der Waals surface area contributed by atoms with Gasteiger partial charge in [0.25, 0.3) is 0 Å². The molecule has 0 amide bonds. The lowest BCUT2D eigenvalue weighted by Crippen LogP contribution is -1.98. The number of rotatable bonds is 3. The van der Waals surface area contributed by atoms with Crippen molar-refractivity contribution in [3.05, 3.63) is 29.8 Å². The Morgan fingerprint density at radius 2 is 1.75 bits per heavy atom. The Bertz CT molecular complexity index is 206. The van der Waals surface area contributed by atoms with Crippen molar-refractivity contribution in [1.82, 2.24) is 0 Å². The van der Waals surface area contributed by atoms with Gasteiger partial charge >= 0.3 is 0 Å². The van der Waals surface area contributed by atoms with Crippen molar-refractivity contribution in [2.75, 3.05) is 11.9 Å². The molecule has 0 atom stereocenters. The fraction of sp³-hybridized carbons (Fsp3) is 0.400. The SMILES string of the molecule is CCCNc1ccc(C)cc1.Cl. The predicted octanol–water partition coefficient (Wildman–Crippen LogP) is 3.24. The Hall–Kier alpha value is -0.690. The summed E-state index contributed by atoms with van der Waals surface area (Å²) in [4.78, 5) is 0. The Kier molecular flexibility index (Phi) is 5.56. The van der Waals surface area contributed by atoms with Crippen LogP contribution < -0.4 is 5.32 Å². The minimum atomic E-state index is 0. The first-order valence-corrected chi connectivity index (χ1v) is 4.13. The molecular weight excluding hydrogens is 170 g/mol. The summed E-state index contributed by atoms with van der Waals surface area (Å²) in [6, 6.07) is 8.48. The minimum absolute atomic E-state index is 0. The molecule has 0 fully saturated rings. The summed E-state index contributed by atoms with van der Waals surface area (Å²) >= 11 is 0. The number of hydrogen-bond donors (Lipinski definition) is 1. The Balaban J connectivity index is 0.00000121. The maximum absolute atomic E-state index is 3.32. The summed E-state index contributed by atoms with van der Waals surface area (Å²) in [5.74, 6) is 0. The van der Waals surface area contributed by atoms with Gasteiger partial charge in [0.1, 0.15) is 0 Å². The molecule has 1 nitrogen and oxygen atoms in total. The highest BCUT2D eigenvalue weighted by atomic mass is 35.5. The molecule has 68 valence electrons. The van der Waals surface area contributed by atoms with E-state index in [0.29, 0.717) is 0 Å². The molecule has 0 aliphatic heterocycles. The van der Waals surface area contributed by atoms with Crippen LogP contribution in [0.15, 0.2) is 24.3 Å². The van der Waals surface area contributed by atoms with Gasteiger partial charge in [-0.25, -0.2) is 0 Å². The number of nitrogens with one attached hydrogen (secondary N) is 1. The summed E-state index contributed by atoms with van der Waals surface area (Å²) in [6.07, 6.45) is 1.17. The van der Waals surface area contributed by atoms with E-state index >= 15 is 0 Å². The van der Waals surface area contributed by atoms with Crippen LogP contribution in [0.3, 0.4) is 0 Å². The maximum Gasteiger partial charge on any atom is 0.0340 e. The van der Waals surface area contributed by atoms with Gasteiger partial charge in [-0.05, 0) is 25.5 Å². The van der Waals surface area contributed by atoms with Gasteiger partial charge in [-0.2, -0.15) is 0 Å². The summed E-state index contributed by atoms with van der Waals surface area (Å²) in [7, 11) is 0. The third kappa shape index (κ3) is 3.63. The van der Waals surface area contributed by atoms with Crippen LogP contribution in [-0.2, 0) is 0 Å². The molecule has 0 unspecified atom stereocenters. The Morgan fingerprint density at radius 1 is 1.17 bits per heavy atom. The lowest BCUT2D eigenvalue weighted by atomic mass is 10.2. The second-order valence-corrected chi connectivity index (χ2v) is 2.79. The van der Waals surface area contributed by atoms with E-state index in [1.807, 2.05) is 0 Å². The lowest BCUT2D eigenvalue weighted by Gasteiger charge is -2.03. The van der Waals surface area contributed by atoms with Crippen molar-refractivity contribution in [1.29, 1.82) is 0 Å². The van der Waals surface area contributed by atoms with E-state index in [2.05, 4.69) is 43.4 Å². The van der Waals surface area contributed by atoms with Crippen LogP contribution in [0.25, 0.3) is 0 Å². The van der Waals surface area contributed by atoms with E-state index in [1.54, 1.807) is 0 Å². The molecule has 0 aliphatic carbocycles. The van der Waals surface area contributed by atoms with E-state index in [-0.39, 0.29) is 12.4 Å². The summed E-state index contributed by atoms with van der Waals surface area (Å²) < 4.78 is 0. The van der Waals surface area contributed by atoms with E-state index in [9.17, 15) is 0 Å². The van der Waals surface area contributed by atoms with Crippen molar-refractivity contribution >= 4 is 18.1 Å². The summed E-state index contributed by atoms with van der Waals surface area (Å²) in [5.41, 5.74) is 2.53. The first-order chi connectivity index (χ1) is 5.33. The van der Waals surface area contributed by atoms with Crippen LogP contribution >= 0.6 is 12.4 Å². The highest BCUT2D eigenvalue weighted by molar-refractivity contribution is 5.85. The van der Waals surface area contributed by atoms with Gasteiger partial charge in [-0.3, -0.25) is 0 Å². The molecule has 0 spiro atoms. The fourth-order valence-electron chi connectivity index (χ4n) is 0.941. The van der Waals surface area contributed by atoms with Gasteiger partial charge in [0.05, 0.1) is 0 Å². The molecule has 2 heteroatoms. The molecule has 0 radical (unpaired) electrons. The second-order valence-electron chi connectivity index (χ2n) is 2.79. The molecule has 1 rings (SSSR count). The molecule has 12 heavy (non-hydrogen) atoms. The van der Waals surface area contributed by atoms with Gasteiger partial charge in [0, 0.05) is 12.2 Å². The predicted molar refractivity (Wildman–Crippen MR) is 57.2 cm³/mol. The third-order valence-corrected chi connectivity index (χ3v) is 1.63. The zero-order valence-electron chi connectivity index (χ0n) is 7.63. The third-order valence-electron chi connectivity index (χ3n) is 1.63. The molecule has 0 bridgehead atoms. The smallest absolute Gasteiger partial charge is 0.0340 e. The minimum Gasteiger partial charge on any atom is -0.385 e. The van der Waals surface area contributed by atoms with Crippen LogP contribution in [-0.4, -0.2) is 6.54 Å². The molecule has 1 aromatic carbocycles. The van der Waals surface area contributed by atoms with Gasteiger partial charge < -0.3 is 5.32 Å². The number of anilines is 1. The van der Waals surface area contributed by atoms with Crippen molar-refractivity contribution < 1.29 is 0 Å². The van der Waals surface area contributed by atoms with Gasteiger partial charge in [-0.15, -0.1) is 12.4 Å². The molecule has 0 saturated heterocycles. The van der Waals surface area contributed by atoms with Crippen LogP contribution in [0, 0.1) is 6.92 Å². The van der Waals surface area contributed by atoms with Crippen LogP contribution in [0.1, 0.15) is 18.9 Å². The summed E-state index contributed by atoms with van der Waals surface area (Å²) in [5, 5.41) is 3.32. The van der Waals surface area contributed by atoms with Crippen molar-refractivity contribution in [2.24, 2.45) is 0 Å². The summed E-state index contributed by atoms with van der Waals surface area (Å²) in [6.45, 7) is 5.33. The van der Waals surface area contributed by atoms with Gasteiger partial charge in [0.2, 0.25) is 0 Å².